The van der Waals surface area contributed by atoms with Crippen LogP contribution in [0.4, 0.5) is 0 Å². The number of rotatable bonds is 0. The highest BCUT2D eigenvalue weighted by molar-refractivity contribution is 4.97. The Morgan fingerprint density at radius 1 is 1.75 bits per heavy atom. The normalized spacial score (nSPS) is 9.12. The molecule has 0 aromatic carbocycles. The number of aromatic nitrogens is 2. The first kappa shape index (κ1) is 5.03. The fourth-order valence-corrected chi connectivity index (χ4v) is 0.507. The van der Waals surface area contributed by atoms with E-state index in [9.17, 15) is 4.91 Å². The largest absolute Gasteiger partial charge is 0.260 e. The molecular weight excluding hydrogens is 104 g/mol. The average Bonchev–Trinajstić information content (AvgIpc) is 1.64. The van der Waals surface area contributed by atoms with E-state index in [-0.39, 0.29) is 0 Å². The van der Waals surface area contributed by atoms with Gasteiger partial charge in [-0.25, -0.2) is 0 Å². The highest BCUT2D eigenvalue weighted by Gasteiger charge is 1.88. The zero-order valence-corrected chi connectivity index (χ0v) is 4.59. The van der Waals surface area contributed by atoms with Gasteiger partial charge >= 0.3 is 0 Å². The summed E-state index contributed by atoms with van der Waals surface area (Å²) in [5.74, 6) is 0. The number of nitrogens with one attached hydrogen (secondary N) is 1. The maximum atomic E-state index is 10.4. The summed E-state index contributed by atoms with van der Waals surface area (Å²) < 4.78 is 0.662. The Bertz CT molecular complexity index is 228. The van der Waals surface area contributed by atoms with Crippen LogP contribution >= 0.6 is 0 Å². The van der Waals surface area contributed by atoms with Crippen LogP contribution in [0, 0.1) is 11.8 Å². The number of hydrogen-bond donors (Lipinski definition) is 1. The van der Waals surface area contributed by atoms with Gasteiger partial charge in [-0.1, -0.05) is 0 Å². The van der Waals surface area contributed by atoms with Crippen molar-refractivity contribution in [3.63, 3.8) is 0 Å². The summed E-state index contributed by atoms with van der Waals surface area (Å²) in [6.45, 7) is 1.86. The Labute approximate surface area is 46.6 Å². The number of nitrogens with zero attached hydrogens (tertiary/aromatic N) is 1. The van der Waals surface area contributed by atoms with Crippen molar-refractivity contribution in [2.24, 2.45) is 0 Å². The molecule has 1 rings (SSSR count). The van der Waals surface area contributed by atoms with Crippen LogP contribution in [0.3, 0.4) is 0 Å². The van der Waals surface area contributed by atoms with Crippen molar-refractivity contribution in [3.8, 4) is 0 Å². The predicted molar refractivity (Wildman–Crippen MR) is 28.9 cm³/mol. The van der Waals surface area contributed by atoms with Gasteiger partial charge in [0.2, 0.25) is 0 Å². The van der Waals surface area contributed by atoms with Crippen LogP contribution in [0.5, 0.6) is 0 Å². The molecule has 3 heteroatoms. The van der Waals surface area contributed by atoms with Crippen molar-refractivity contribution in [3.05, 3.63) is 28.9 Å². The van der Waals surface area contributed by atoms with Crippen LogP contribution in [0.25, 0.3) is 0 Å². The van der Waals surface area contributed by atoms with Crippen LogP contribution in [0.1, 0.15) is 5.56 Å². The fraction of sp³-hybridized carbons (Fsp3) is 0.200. The molecule has 0 aliphatic rings. The van der Waals surface area contributed by atoms with Gasteiger partial charge in [0.1, 0.15) is 0 Å². The predicted octanol–water partition coefficient (Wildman–Crippen LogP) is 0.238. The van der Waals surface area contributed by atoms with E-state index in [4.69, 9.17) is 0 Å². The van der Waals surface area contributed by atoms with Gasteiger partial charge < -0.3 is 0 Å². The van der Waals surface area contributed by atoms with Gasteiger partial charge in [0, 0.05) is 5.56 Å². The molecule has 0 saturated carbocycles. The van der Waals surface area contributed by atoms with Crippen molar-refractivity contribution in [2.75, 3.05) is 0 Å². The monoisotopic (exact) mass is 111 g/mol. The molecule has 0 fully saturated rings. The quantitative estimate of drug-likeness (QED) is 0.478. The molecule has 0 spiro atoms. The van der Waals surface area contributed by atoms with Gasteiger partial charge in [-0.3, -0.25) is 0 Å². The van der Waals surface area contributed by atoms with Crippen LogP contribution in [-0.2, 0) is 0 Å². The molecule has 0 aliphatic heterocycles. The zero-order chi connectivity index (χ0) is 5.98. The Kier molecular flexibility index (Phi) is 1.12. The third kappa shape index (κ3) is 0.932. The average molecular weight is 111 g/mol. The van der Waals surface area contributed by atoms with Crippen molar-refractivity contribution < 1.29 is 4.54 Å². The lowest BCUT2D eigenvalue weighted by atomic mass is 10.4. The number of aryl methyl sites for hydroxylation is 1. The van der Waals surface area contributed by atoms with Gasteiger partial charge in [0.15, 0.2) is 4.54 Å². The highest BCUT2D eigenvalue weighted by Crippen LogP contribution is 1.83. The lowest BCUT2D eigenvalue weighted by Crippen LogP contribution is -2.17. The summed E-state index contributed by atoms with van der Waals surface area (Å²) in [4.78, 5) is 10.4. The Hall–Kier alpha value is -1.12. The summed E-state index contributed by atoms with van der Waals surface area (Å²) in [7, 11) is 0. The number of H-pyrrole nitrogens is 1. The number of aromatic amines is 1. The minimum Gasteiger partial charge on any atom is -0.122 e. The van der Waals surface area contributed by atoms with Crippen molar-refractivity contribution >= 4 is 0 Å². The molecule has 0 unspecified atom stereocenters. The smallest absolute Gasteiger partial charge is 0.122 e. The van der Waals surface area contributed by atoms with Crippen LogP contribution in [0.15, 0.2) is 18.5 Å². The summed E-state index contributed by atoms with van der Waals surface area (Å²) in [5, 5.41) is 2.43. The molecular formula is C5H7N2O+. The maximum absolute atomic E-state index is 10.4. The van der Waals surface area contributed by atoms with Gasteiger partial charge in [0.05, 0.1) is 11.1 Å². The molecule has 0 atom stereocenters. The van der Waals surface area contributed by atoms with E-state index in [1.54, 1.807) is 6.20 Å². The van der Waals surface area contributed by atoms with E-state index in [1.807, 2.05) is 13.0 Å². The summed E-state index contributed by atoms with van der Waals surface area (Å²) in [5.41, 5.74) is 0.957. The molecule has 1 aromatic rings. The molecule has 0 saturated heterocycles. The third-order valence-electron chi connectivity index (χ3n) is 0.869. The van der Waals surface area contributed by atoms with E-state index >= 15 is 0 Å². The minimum absolute atomic E-state index is 0.662. The topological polar surface area (TPSA) is 38.8 Å². The molecule has 42 valence electrons. The lowest BCUT2D eigenvalue weighted by Gasteiger charge is -1.75. The lowest BCUT2D eigenvalue weighted by molar-refractivity contribution is -0.564. The Morgan fingerprint density at radius 2 is 2.50 bits per heavy atom. The summed E-state index contributed by atoms with van der Waals surface area (Å²) in [6.07, 6.45) is 3.07. The van der Waals surface area contributed by atoms with Crippen LogP contribution in [0.2, 0.25) is 0 Å². The van der Waals surface area contributed by atoms with E-state index in [0.29, 0.717) is 4.54 Å². The Morgan fingerprint density at radius 3 is 2.88 bits per heavy atom. The minimum atomic E-state index is 0.662. The van der Waals surface area contributed by atoms with Crippen molar-refractivity contribution in [2.45, 2.75) is 6.92 Å². The molecule has 0 aliphatic carbocycles. The SMILES string of the molecule is Cc1cc[nH][n+](=O)c1. The molecule has 3 nitrogen and oxygen atoms in total. The molecule has 0 amide bonds. The summed E-state index contributed by atoms with van der Waals surface area (Å²) in [6, 6.07) is 1.83. The second kappa shape index (κ2) is 1.78. The molecule has 0 bridgehead atoms. The van der Waals surface area contributed by atoms with E-state index in [1.165, 1.54) is 6.20 Å². The first-order valence-electron chi connectivity index (χ1n) is 2.36. The summed E-state index contributed by atoms with van der Waals surface area (Å²) >= 11 is 0. The molecule has 0 radical (unpaired) electrons. The van der Waals surface area contributed by atoms with E-state index in [0.717, 1.165) is 5.56 Å². The first-order valence-corrected chi connectivity index (χ1v) is 2.36. The van der Waals surface area contributed by atoms with Crippen molar-refractivity contribution in [1.29, 1.82) is 0 Å². The van der Waals surface area contributed by atoms with Gasteiger partial charge in [-0.05, 0) is 13.0 Å². The van der Waals surface area contributed by atoms with Crippen molar-refractivity contribution in [1.82, 2.24) is 5.10 Å². The maximum Gasteiger partial charge on any atom is 0.260 e. The van der Waals surface area contributed by atoms with Crippen LogP contribution in [-0.4, -0.2) is 5.10 Å². The second-order valence-corrected chi connectivity index (χ2v) is 1.66. The molecule has 8 heavy (non-hydrogen) atoms. The van der Waals surface area contributed by atoms with Gasteiger partial charge in [-0.15, -0.1) is 5.10 Å². The highest BCUT2D eigenvalue weighted by atomic mass is 16.3. The van der Waals surface area contributed by atoms with Crippen LogP contribution < -0.4 is 4.54 Å². The van der Waals surface area contributed by atoms with Gasteiger partial charge in [-0.2, -0.15) is 0 Å². The van der Waals surface area contributed by atoms with E-state index in [2.05, 4.69) is 5.10 Å². The fourth-order valence-electron chi connectivity index (χ4n) is 0.507. The molecule has 1 heterocycles. The third-order valence-corrected chi connectivity index (χ3v) is 0.869. The van der Waals surface area contributed by atoms with E-state index < -0.39 is 0 Å². The number of hydrogen-bond acceptors (Lipinski definition) is 1. The second-order valence-electron chi connectivity index (χ2n) is 1.66. The molecule has 1 aromatic heterocycles. The van der Waals surface area contributed by atoms with Gasteiger partial charge in [0.25, 0.3) is 6.20 Å². The molecule has 1 N–H and O–H groups in total. The zero-order valence-electron chi connectivity index (χ0n) is 4.59. The standard InChI is InChI=1S/C5H7N2O/c1-5-2-3-6-7(8)4-5/h2-4H,1H3,(H,6,8)/q+1. The Balaban J connectivity index is 3.28. The first-order chi connectivity index (χ1) is 3.79.